The summed E-state index contributed by atoms with van der Waals surface area (Å²) in [7, 11) is 2.98. The Labute approximate surface area is 297 Å². The molecule has 2 heterocycles. The number of hydrogen-bond donors (Lipinski definition) is 2. The van der Waals surface area contributed by atoms with Crippen LogP contribution in [0, 0.1) is 30.6 Å². The van der Waals surface area contributed by atoms with Crippen molar-refractivity contribution < 1.29 is 33.8 Å². The summed E-state index contributed by atoms with van der Waals surface area (Å²) in [5.74, 6) is -4.10. The van der Waals surface area contributed by atoms with Gasteiger partial charge in [0.25, 0.3) is 11.8 Å². The van der Waals surface area contributed by atoms with Crippen LogP contribution in [-0.4, -0.2) is 58.9 Å². The van der Waals surface area contributed by atoms with Crippen LogP contribution < -0.4 is 14.9 Å². The number of anilines is 1. The summed E-state index contributed by atoms with van der Waals surface area (Å²) < 4.78 is 11.9. The van der Waals surface area contributed by atoms with Gasteiger partial charge in [-0.1, -0.05) is 78.9 Å². The first-order valence-electron chi connectivity index (χ1n) is 18.0. The number of aryl methyl sites for hydroxylation is 1. The van der Waals surface area contributed by atoms with E-state index in [1.54, 1.807) is 4.90 Å². The van der Waals surface area contributed by atoms with E-state index in [1.165, 1.54) is 26.4 Å². The number of carbonyl (C=O) groups is 4. The number of amides is 4. The lowest BCUT2D eigenvalue weighted by atomic mass is 9.49. The summed E-state index contributed by atoms with van der Waals surface area (Å²) in [5.41, 5.74) is 5.21. The van der Waals surface area contributed by atoms with Gasteiger partial charge in [0.15, 0.2) is 0 Å². The summed E-state index contributed by atoms with van der Waals surface area (Å²) >= 11 is 0. The van der Waals surface area contributed by atoms with Crippen LogP contribution in [0.5, 0.6) is 17.2 Å². The normalized spacial score (nSPS) is 29.0. The third kappa shape index (κ3) is 4.89. The maximum Gasteiger partial charge on any atom is 0.260 e. The highest BCUT2D eigenvalue weighted by Gasteiger charge is 2.71. The smallest absolute Gasteiger partial charge is 0.260 e. The van der Waals surface area contributed by atoms with Crippen LogP contribution in [0.3, 0.4) is 0 Å². The average Bonchev–Trinajstić information content (AvgIpc) is 3.53. The molecule has 3 aromatic rings. The molecule has 3 aliphatic carbocycles. The Morgan fingerprint density at radius 1 is 0.824 bits per heavy atom. The fourth-order valence-corrected chi connectivity index (χ4v) is 9.99. The summed E-state index contributed by atoms with van der Waals surface area (Å²) in [6.45, 7) is 1.96. The third-order valence-electron chi connectivity index (χ3n) is 12.2. The highest BCUT2D eigenvalue weighted by atomic mass is 16.5. The van der Waals surface area contributed by atoms with Crippen LogP contribution in [0.2, 0.25) is 0 Å². The predicted molar refractivity (Wildman–Crippen MR) is 189 cm³/mol. The zero-order valence-electron chi connectivity index (χ0n) is 29.1. The molecular formula is C41H43N3O7. The number of carbonyl (C=O) groups excluding carboxylic acids is 4. The molecule has 0 aromatic heterocycles. The zero-order chi connectivity index (χ0) is 35.6. The molecule has 2 saturated carbocycles. The van der Waals surface area contributed by atoms with Crippen LogP contribution in [0.25, 0.3) is 0 Å². The second kappa shape index (κ2) is 12.6. The van der Waals surface area contributed by atoms with Crippen LogP contribution in [0.4, 0.5) is 5.69 Å². The number of nitrogens with one attached hydrogen (secondary N) is 1. The molecule has 0 bridgehead atoms. The van der Waals surface area contributed by atoms with Crippen molar-refractivity contribution in [2.24, 2.45) is 23.7 Å². The van der Waals surface area contributed by atoms with Gasteiger partial charge in [0, 0.05) is 29.7 Å². The molecule has 5 aliphatic rings. The number of imide groups is 2. The van der Waals surface area contributed by atoms with Gasteiger partial charge in [0.1, 0.15) is 17.2 Å². The summed E-state index contributed by atoms with van der Waals surface area (Å²) in [5, 5.41) is 11.9. The molecule has 6 atom stereocenters. The van der Waals surface area contributed by atoms with Crippen molar-refractivity contribution >= 4 is 29.3 Å². The minimum Gasteiger partial charge on any atom is -0.508 e. The van der Waals surface area contributed by atoms with Gasteiger partial charge in [0.2, 0.25) is 11.8 Å². The van der Waals surface area contributed by atoms with Crippen molar-refractivity contribution in [3.8, 4) is 17.2 Å². The van der Waals surface area contributed by atoms with Gasteiger partial charge in [0.05, 0.1) is 43.1 Å². The first-order chi connectivity index (χ1) is 24.7. The summed E-state index contributed by atoms with van der Waals surface area (Å²) in [4.78, 5) is 60.6. The van der Waals surface area contributed by atoms with Gasteiger partial charge in [-0.05, 0) is 56.2 Å². The van der Waals surface area contributed by atoms with E-state index in [2.05, 4.69) is 5.43 Å². The molecule has 8 rings (SSSR count). The number of likely N-dealkylation sites (tertiary alicyclic amines) is 1. The highest BCUT2D eigenvalue weighted by molar-refractivity contribution is 6.13. The monoisotopic (exact) mass is 689 g/mol. The Hall–Kier alpha value is -5.12. The number of phenolic OH excluding ortho intramolecular Hbond substituents is 1. The molecular weight excluding hydrogens is 646 g/mol. The molecule has 0 unspecified atom stereocenters. The predicted octanol–water partition coefficient (Wildman–Crippen LogP) is 6.04. The quantitative estimate of drug-likeness (QED) is 0.228. The molecule has 10 nitrogen and oxygen atoms in total. The average molecular weight is 690 g/mol. The molecule has 4 fully saturated rings. The summed E-state index contributed by atoms with van der Waals surface area (Å²) in [6.07, 6.45) is 7.24. The van der Waals surface area contributed by atoms with Crippen molar-refractivity contribution in [2.75, 3.05) is 19.6 Å². The number of phenols is 1. The number of hydrazine groups is 1. The number of rotatable bonds is 7. The molecule has 0 spiro atoms. The molecule has 2 N–H and O–H groups in total. The Morgan fingerprint density at radius 2 is 1.49 bits per heavy atom. The molecule has 2 saturated heterocycles. The van der Waals surface area contributed by atoms with Crippen LogP contribution in [-0.2, 0) is 24.6 Å². The number of hydrogen-bond acceptors (Lipinski definition) is 8. The van der Waals surface area contributed by atoms with Gasteiger partial charge >= 0.3 is 0 Å². The molecule has 10 heteroatoms. The molecule has 51 heavy (non-hydrogen) atoms. The van der Waals surface area contributed by atoms with Crippen molar-refractivity contribution in [3.05, 3.63) is 95.1 Å². The van der Waals surface area contributed by atoms with Gasteiger partial charge in [-0.2, -0.15) is 5.01 Å². The second-order valence-corrected chi connectivity index (χ2v) is 14.7. The first-order valence-corrected chi connectivity index (χ1v) is 18.0. The number of allylic oxidation sites excluding steroid dienone is 2. The van der Waals surface area contributed by atoms with Crippen LogP contribution in [0.1, 0.15) is 67.6 Å². The van der Waals surface area contributed by atoms with E-state index >= 15 is 4.79 Å². The Balaban J connectivity index is 1.35. The number of methoxy groups -OCH3 is 2. The van der Waals surface area contributed by atoms with Gasteiger partial charge in [-0.3, -0.25) is 29.5 Å². The van der Waals surface area contributed by atoms with Crippen molar-refractivity contribution in [1.82, 2.24) is 9.91 Å². The SMILES string of the molecule is COc1cc(O)cc(OC)c1[C@H]1C2=CC[C@@H]3C(=O)N(C4CCCCC4)C(=O)[C@@H]3[C@@H]2C[C@H]2C(=O)N(Nc3ccc(C)cc3)C(=O)[C@@]12c1ccccc1. The number of ether oxygens (including phenoxy) is 2. The van der Waals surface area contributed by atoms with Crippen LogP contribution >= 0.6 is 0 Å². The zero-order valence-corrected chi connectivity index (χ0v) is 29.1. The lowest BCUT2D eigenvalue weighted by Gasteiger charge is -2.51. The Bertz CT molecular complexity index is 1910. The number of benzene rings is 3. The maximum atomic E-state index is 15.4. The number of fused-ring (bicyclic) bond motifs is 4. The maximum absolute atomic E-state index is 15.4. The van der Waals surface area contributed by atoms with Gasteiger partial charge in [-0.15, -0.1) is 0 Å². The number of nitrogens with zero attached hydrogens (tertiary/aromatic N) is 2. The molecule has 2 aliphatic heterocycles. The van der Waals surface area contributed by atoms with Crippen molar-refractivity contribution in [2.45, 2.75) is 69.2 Å². The van der Waals surface area contributed by atoms with E-state index in [-0.39, 0.29) is 41.5 Å². The second-order valence-electron chi connectivity index (χ2n) is 14.7. The molecule has 4 amide bonds. The number of aromatic hydroxyl groups is 1. The van der Waals surface area contributed by atoms with E-state index in [4.69, 9.17) is 9.47 Å². The van der Waals surface area contributed by atoms with E-state index in [1.807, 2.05) is 67.6 Å². The van der Waals surface area contributed by atoms with Gasteiger partial charge in [-0.25, -0.2) is 0 Å². The summed E-state index contributed by atoms with van der Waals surface area (Å²) in [6, 6.07) is 19.7. The minimum atomic E-state index is -1.49. The topological polar surface area (TPSA) is 125 Å². The van der Waals surface area contributed by atoms with E-state index in [0.717, 1.165) is 48.2 Å². The molecule has 3 aromatic carbocycles. The molecule has 0 radical (unpaired) electrons. The Kier molecular flexibility index (Phi) is 8.15. The standard InChI is InChI=1S/C41H43N3O7/c1-23-14-16-25(17-15-23)42-44-38(47)31-22-30-28(18-19-29-34(30)39(48)43(37(29)46)26-12-8-5-9-13-26)36(35-32(50-2)20-27(45)21-33(35)51-3)41(31,40(44)49)24-10-6-4-7-11-24/h4,6-7,10-11,14-18,20-21,26,29-31,34,36,42,45H,5,8-9,12-13,19,22H2,1-3H3/t29-,30+,31-,34-,36+,41+/m0/s1. The largest absolute Gasteiger partial charge is 0.508 e. The lowest BCUT2D eigenvalue weighted by molar-refractivity contribution is -0.144. The van der Waals surface area contributed by atoms with Crippen molar-refractivity contribution in [3.63, 3.8) is 0 Å². The first kappa shape index (κ1) is 33.0. The Morgan fingerprint density at radius 3 is 2.14 bits per heavy atom. The minimum absolute atomic E-state index is 0.0843. The fourth-order valence-electron chi connectivity index (χ4n) is 9.99. The molecule has 264 valence electrons. The highest BCUT2D eigenvalue weighted by Crippen LogP contribution is 2.66. The van der Waals surface area contributed by atoms with E-state index in [9.17, 15) is 19.5 Å². The van der Waals surface area contributed by atoms with Crippen LogP contribution in [0.15, 0.2) is 78.4 Å². The van der Waals surface area contributed by atoms with E-state index in [0.29, 0.717) is 23.2 Å². The third-order valence-corrected chi connectivity index (χ3v) is 12.2. The fraction of sp³-hybridized carbons (Fsp3) is 0.415. The van der Waals surface area contributed by atoms with Gasteiger partial charge < -0.3 is 14.6 Å². The lowest BCUT2D eigenvalue weighted by Crippen LogP contribution is -2.53. The van der Waals surface area contributed by atoms with Crippen molar-refractivity contribution in [1.29, 1.82) is 0 Å². The van der Waals surface area contributed by atoms with E-state index < -0.39 is 46.8 Å².